The maximum absolute atomic E-state index is 15.2. The molecule has 1 saturated heterocycles. The summed E-state index contributed by atoms with van der Waals surface area (Å²) in [5.74, 6) is -0.449. The number of nitrogens with one attached hydrogen (secondary N) is 2. The lowest BCUT2D eigenvalue weighted by Crippen LogP contribution is -2.40. The van der Waals surface area contributed by atoms with Crippen LogP contribution in [0.5, 0.6) is 0 Å². The smallest absolute Gasteiger partial charge is 0.258 e. The van der Waals surface area contributed by atoms with E-state index >= 15 is 4.39 Å². The molecule has 41 heavy (non-hydrogen) atoms. The van der Waals surface area contributed by atoms with Crippen LogP contribution in [0.1, 0.15) is 23.7 Å². The van der Waals surface area contributed by atoms with E-state index in [0.29, 0.717) is 18.1 Å². The van der Waals surface area contributed by atoms with E-state index < -0.39 is 11.7 Å². The van der Waals surface area contributed by atoms with E-state index in [1.54, 1.807) is 6.07 Å². The third-order valence-electron chi connectivity index (χ3n) is 7.54. The van der Waals surface area contributed by atoms with Crippen molar-refractivity contribution >= 4 is 28.4 Å². The monoisotopic (exact) mass is 549 g/mol. The molecule has 1 aliphatic heterocycles. The van der Waals surface area contributed by atoms with Crippen molar-refractivity contribution in [1.29, 1.82) is 0 Å². The molecule has 1 fully saturated rings. The Balaban J connectivity index is 1.17. The fourth-order valence-corrected chi connectivity index (χ4v) is 5.32. The van der Waals surface area contributed by atoms with Crippen LogP contribution in [0.25, 0.3) is 22.2 Å². The van der Waals surface area contributed by atoms with Gasteiger partial charge < -0.3 is 15.4 Å². The Morgan fingerprint density at radius 3 is 2.61 bits per heavy atom. The second-order valence-electron chi connectivity index (χ2n) is 10.5. The van der Waals surface area contributed by atoms with Gasteiger partial charge in [0.1, 0.15) is 5.82 Å². The van der Waals surface area contributed by atoms with Gasteiger partial charge in [-0.05, 0) is 49.1 Å². The number of ether oxygens (including phenoxy) is 1. The quantitative estimate of drug-likeness (QED) is 0.290. The van der Waals surface area contributed by atoms with Crippen LogP contribution in [-0.2, 0) is 4.74 Å². The summed E-state index contributed by atoms with van der Waals surface area (Å²) in [6, 6.07) is 22.1. The summed E-state index contributed by atoms with van der Waals surface area (Å²) < 4.78 is 20.7. The van der Waals surface area contributed by atoms with Crippen molar-refractivity contribution in [1.82, 2.24) is 20.2 Å². The second kappa shape index (κ2) is 12.0. The van der Waals surface area contributed by atoms with Gasteiger partial charge in [0.2, 0.25) is 5.95 Å². The fourth-order valence-electron chi connectivity index (χ4n) is 5.32. The highest BCUT2D eigenvalue weighted by atomic mass is 19.1. The van der Waals surface area contributed by atoms with Gasteiger partial charge in [-0.1, -0.05) is 60.7 Å². The average molecular weight is 550 g/mol. The van der Waals surface area contributed by atoms with E-state index in [1.165, 1.54) is 12.1 Å². The molecule has 208 valence electrons. The van der Waals surface area contributed by atoms with Crippen molar-refractivity contribution in [2.75, 3.05) is 38.2 Å². The molecular weight excluding hydrogens is 517 g/mol. The first kappa shape index (κ1) is 26.8. The molecule has 8 heteroatoms. The third kappa shape index (κ3) is 6.19. The highest BCUT2D eigenvalue weighted by molar-refractivity contribution is 5.96. The molecule has 4 aromatic rings. The van der Waals surface area contributed by atoms with Crippen molar-refractivity contribution in [3.8, 4) is 11.3 Å². The van der Waals surface area contributed by atoms with Gasteiger partial charge in [-0.15, -0.1) is 0 Å². The Hall–Kier alpha value is -4.40. The van der Waals surface area contributed by atoms with Gasteiger partial charge in [0.25, 0.3) is 5.91 Å². The summed E-state index contributed by atoms with van der Waals surface area (Å²) >= 11 is 0. The minimum atomic E-state index is -0.619. The summed E-state index contributed by atoms with van der Waals surface area (Å²) in [5, 5.41) is 7.02. The predicted molar refractivity (Wildman–Crippen MR) is 159 cm³/mol. The van der Waals surface area contributed by atoms with Crippen LogP contribution in [0, 0.1) is 11.7 Å². The standard InChI is InChI=1S/C33H32FN5O2/c1-22-11-12-23(21-39-15-17-41-18-16-39)19-30(22)36-32(40)26-14-13-25(20-28(26)34)35-33-37-29-10-6-5-9-27(29)31(38-33)24-7-3-2-4-8-24/h2-14,20,23H,15-19,21H2,1H3,(H,36,40)(H,35,37,38). The van der Waals surface area contributed by atoms with Gasteiger partial charge in [0, 0.05) is 42.0 Å². The van der Waals surface area contributed by atoms with E-state index in [-0.39, 0.29) is 11.5 Å². The van der Waals surface area contributed by atoms with Crippen LogP contribution in [0.15, 0.2) is 96.2 Å². The van der Waals surface area contributed by atoms with E-state index in [1.807, 2.05) is 67.6 Å². The van der Waals surface area contributed by atoms with Crippen LogP contribution in [-0.4, -0.2) is 53.6 Å². The van der Waals surface area contributed by atoms with Crippen molar-refractivity contribution in [3.63, 3.8) is 0 Å². The topological polar surface area (TPSA) is 79.4 Å². The maximum atomic E-state index is 15.2. The van der Waals surface area contributed by atoms with Gasteiger partial charge in [-0.3, -0.25) is 9.69 Å². The number of allylic oxidation sites excluding steroid dienone is 3. The minimum Gasteiger partial charge on any atom is -0.379 e. The molecule has 1 aromatic heterocycles. The van der Waals surface area contributed by atoms with Crippen LogP contribution in [0.2, 0.25) is 0 Å². The summed E-state index contributed by atoms with van der Waals surface area (Å²) in [5.41, 5.74) is 4.77. The molecule has 1 atom stereocenters. The largest absolute Gasteiger partial charge is 0.379 e. The number of hydrogen-bond donors (Lipinski definition) is 2. The molecule has 0 bridgehead atoms. The highest BCUT2D eigenvalue weighted by Gasteiger charge is 2.22. The summed E-state index contributed by atoms with van der Waals surface area (Å²) in [6.45, 7) is 6.20. The summed E-state index contributed by atoms with van der Waals surface area (Å²) in [4.78, 5) is 24.9. The Morgan fingerprint density at radius 1 is 1.02 bits per heavy atom. The van der Waals surface area contributed by atoms with E-state index in [2.05, 4.69) is 26.6 Å². The van der Waals surface area contributed by atoms with E-state index in [4.69, 9.17) is 9.72 Å². The van der Waals surface area contributed by atoms with Gasteiger partial charge >= 0.3 is 0 Å². The zero-order chi connectivity index (χ0) is 28.2. The number of anilines is 2. The Labute approximate surface area is 238 Å². The Bertz CT molecular complexity index is 1630. The summed E-state index contributed by atoms with van der Waals surface area (Å²) in [7, 11) is 0. The maximum Gasteiger partial charge on any atom is 0.258 e. The number of carbonyl (C=O) groups excluding carboxylic acids is 1. The SMILES string of the molecule is CC1=C(NC(=O)c2ccc(Nc3nc(-c4ccccc4)c4ccccc4n3)cc2F)CC(CN2CCOCC2)C=C1. The zero-order valence-corrected chi connectivity index (χ0v) is 22.9. The minimum absolute atomic E-state index is 0.0143. The number of amides is 1. The molecular formula is C33H32FN5O2. The molecule has 2 aliphatic rings. The van der Waals surface area contributed by atoms with Crippen molar-refractivity contribution in [2.45, 2.75) is 13.3 Å². The first-order valence-corrected chi connectivity index (χ1v) is 13.9. The highest BCUT2D eigenvalue weighted by Crippen LogP contribution is 2.29. The van der Waals surface area contributed by atoms with Crippen LogP contribution < -0.4 is 10.6 Å². The molecule has 6 rings (SSSR count). The average Bonchev–Trinajstić information content (AvgIpc) is 2.99. The number of para-hydroxylation sites is 1. The van der Waals surface area contributed by atoms with Crippen molar-refractivity contribution in [2.24, 2.45) is 5.92 Å². The normalized spacial score (nSPS) is 17.6. The Kier molecular flexibility index (Phi) is 7.84. The molecule has 0 spiro atoms. The second-order valence-corrected chi connectivity index (χ2v) is 10.5. The first-order chi connectivity index (χ1) is 20.0. The van der Waals surface area contributed by atoms with Crippen molar-refractivity contribution < 1.29 is 13.9 Å². The number of halogens is 1. The Morgan fingerprint density at radius 2 is 1.80 bits per heavy atom. The number of aromatic nitrogens is 2. The summed E-state index contributed by atoms with van der Waals surface area (Å²) in [6.07, 6.45) is 4.94. The van der Waals surface area contributed by atoms with Gasteiger partial charge in [-0.2, -0.15) is 0 Å². The van der Waals surface area contributed by atoms with E-state index in [0.717, 1.165) is 66.3 Å². The lowest BCUT2D eigenvalue weighted by atomic mass is 9.93. The van der Waals surface area contributed by atoms with Crippen LogP contribution >= 0.6 is 0 Å². The third-order valence-corrected chi connectivity index (χ3v) is 7.54. The molecule has 2 heterocycles. The number of rotatable bonds is 7. The number of nitrogens with zero attached hydrogens (tertiary/aromatic N) is 3. The van der Waals surface area contributed by atoms with Crippen LogP contribution in [0.3, 0.4) is 0 Å². The van der Waals surface area contributed by atoms with Crippen molar-refractivity contribution in [3.05, 3.63) is 108 Å². The van der Waals surface area contributed by atoms with E-state index in [9.17, 15) is 4.79 Å². The number of hydrogen-bond acceptors (Lipinski definition) is 6. The molecule has 0 radical (unpaired) electrons. The lowest BCUT2D eigenvalue weighted by Gasteiger charge is -2.31. The molecule has 1 amide bonds. The number of benzene rings is 3. The van der Waals surface area contributed by atoms with Crippen LogP contribution in [0.4, 0.5) is 16.0 Å². The lowest BCUT2D eigenvalue weighted by molar-refractivity contribution is 0.0333. The molecule has 2 N–H and O–H groups in total. The first-order valence-electron chi connectivity index (χ1n) is 13.9. The molecule has 7 nitrogen and oxygen atoms in total. The number of morpholine rings is 1. The number of carbonyl (C=O) groups is 1. The molecule has 1 aliphatic carbocycles. The van der Waals surface area contributed by atoms with Gasteiger partial charge in [0.05, 0.1) is 30.0 Å². The molecule has 0 saturated carbocycles. The molecule has 1 unspecified atom stereocenters. The van der Waals surface area contributed by atoms with Gasteiger partial charge in [-0.25, -0.2) is 14.4 Å². The zero-order valence-electron chi connectivity index (χ0n) is 22.9. The van der Waals surface area contributed by atoms with Gasteiger partial charge in [0.15, 0.2) is 0 Å². The fraction of sp³-hybridized carbons (Fsp3) is 0.242. The predicted octanol–water partition coefficient (Wildman–Crippen LogP) is 6.09. The molecule has 3 aromatic carbocycles. The number of fused-ring (bicyclic) bond motifs is 1.